The van der Waals surface area contributed by atoms with Gasteiger partial charge >= 0.3 is 0 Å². The van der Waals surface area contributed by atoms with Crippen LogP contribution in [0.15, 0.2) is 35.7 Å². The quantitative estimate of drug-likeness (QED) is 0.847. The average molecular weight is 331 g/mol. The van der Waals surface area contributed by atoms with E-state index in [0.717, 1.165) is 29.9 Å². The Hall–Kier alpha value is -2.01. The second kappa shape index (κ2) is 7.04. The Morgan fingerprint density at radius 2 is 2.09 bits per heavy atom. The molecular weight excluding hydrogens is 310 g/mol. The van der Waals surface area contributed by atoms with Crippen molar-refractivity contribution in [2.24, 2.45) is 5.92 Å². The minimum atomic E-state index is 0.152. The Morgan fingerprint density at radius 1 is 1.26 bits per heavy atom. The number of hydrogen-bond acceptors (Lipinski definition) is 4. The summed E-state index contributed by atoms with van der Waals surface area (Å²) in [6, 6.07) is 10.0. The highest BCUT2D eigenvalue weighted by molar-refractivity contribution is 7.10. The maximum atomic E-state index is 12.2. The first kappa shape index (κ1) is 15.9. The number of hydrogen-bond donors (Lipinski definition) is 1. The number of rotatable bonds is 7. The van der Waals surface area contributed by atoms with Crippen LogP contribution in [-0.2, 0) is 11.2 Å². The fourth-order valence-corrected chi connectivity index (χ4v) is 3.71. The number of thiophene rings is 1. The molecule has 1 saturated carbocycles. The van der Waals surface area contributed by atoms with Crippen molar-refractivity contribution in [2.75, 3.05) is 20.8 Å². The van der Waals surface area contributed by atoms with Crippen LogP contribution in [0.2, 0.25) is 0 Å². The van der Waals surface area contributed by atoms with Crippen LogP contribution in [-0.4, -0.2) is 26.7 Å². The van der Waals surface area contributed by atoms with Gasteiger partial charge in [0, 0.05) is 23.3 Å². The SMILES string of the molecule is COc1ccc(CCNC(=O)C2CC2c2cccs2)cc1OC. The van der Waals surface area contributed by atoms with E-state index < -0.39 is 0 Å². The summed E-state index contributed by atoms with van der Waals surface area (Å²) in [5, 5.41) is 5.11. The van der Waals surface area contributed by atoms with Crippen molar-refractivity contribution in [2.45, 2.75) is 18.8 Å². The van der Waals surface area contributed by atoms with E-state index >= 15 is 0 Å². The fraction of sp³-hybridized carbons (Fsp3) is 0.389. The Labute approximate surface area is 140 Å². The van der Waals surface area contributed by atoms with Gasteiger partial charge in [-0.15, -0.1) is 11.3 Å². The van der Waals surface area contributed by atoms with Crippen molar-refractivity contribution < 1.29 is 14.3 Å². The normalized spacial score (nSPS) is 19.2. The Morgan fingerprint density at radius 3 is 2.78 bits per heavy atom. The van der Waals surface area contributed by atoms with E-state index in [-0.39, 0.29) is 11.8 Å². The van der Waals surface area contributed by atoms with Crippen LogP contribution < -0.4 is 14.8 Å². The molecule has 0 aliphatic heterocycles. The second-order valence-electron chi connectivity index (χ2n) is 5.69. The lowest BCUT2D eigenvalue weighted by atomic mass is 10.1. The molecule has 1 aliphatic carbocycles. The molecule has 0 radical (unpaired) electrons. The first-order valence-corrected chi connectivity index (χ1v) is 8.63. The Balaban J connectivity index is 1.47. The molecule has 4 nitrogen and oxygen atoms in total. The van der Waals surface area contributed by atoms with Gasteiger partial charge in [0.1, 0.15) is 0 Å². The largest absolute Gasteiger partial charge is 0.493 e. The molecule has 0 spiro atoms. The van der Waals surface area contributed by atoms with Gasteiger partial charge < -0.3 is 14.8 Å². The van der Waals surface area contributed by atoms with Gasteiger partial charge in [0.25, 0.3) is 0 Å². The number of benzene rings is 1. The summed E-state index contributed by atoms with van der Waals surface area (Å²) in [5.41, 5.74) is 1.12. The molecule has 2 atom stereocenters. The molecular formula is C18H21NO3S. The van der Waals surface area contributed by atoms with E-state index in [1.165, 1.54) is 4.88 Å². The third-order valence-corrected chi connectivity index (χ3v) is 5.20. The van der Waals surface area contributed by atoms with Crippen molar-refractivity contribution in [1.82, 2.24) is 5.32 Å². The van der Waals surface area contributed by atoms with Gasteiger partial charge in [-0.2, -0.15) is 0 Å². The van der Waals surface area contributed by atoms with Crippen LogP contribution in [0.25, 0.3) is 0 Å². The van der Waals surface area contributed by atoms with Crippen molar-refractivity contribution >= 4 is 17.2 Å². The van der Waals surface area contributed by atoms with Crippen molar-refractivity contribution in [3.05, 3.63) is 46.2 Å². The highest BCUT2D eigenvalue weighted by Crippen LogP contribution is 2.49. The summed E-state index contributed by atoms with van der Waals surface area (Å²) in [5.74, 6) is 2.19. The van der Waals surface area contributed by atoms with Crippen LogP contribution >= 0.6 is 11.3 Å². The lowest BCUT2D eigenvalue weighted by Gasteiger charge is -2.10. The molecule has 1 heterocycles. The highest BCUT2D eigenvalue weighted by atomic mass is 32.1. The molecule has 1 aliphatic rings. The van der Waals surface area contributed by atoms with Crippen molar-refractivity contribution in [1.29, 1.82) is 0 Å². The monoisotopic (exact) mass is 331 g/mol. The lowest BCUT2D eigenvalue weighted by molar-refractivity contribution is -0.122. The van der Waals surface area contributed by atoms with Gasteiger partial charge in [0.05, 0.1) is 14.2 Å². The molecule has 23 heavy (non-hydrogen) atoms. The van der Waals surface area contributed by atoms with Crippen LogP contribution in [0.3, 0.4) is 0 Å². The summed E-state index contributed by atoms with van der Waals surface area (Å²) < 4.78 is 10.5. The molecule has 2 aromatic rings. The zero-order valence-corrected chi connectivity index (χ0v) is 14.2. The standard InChI is InChI=1S/C18H21NO3S/c1-21-15-6-5-12(10-16(15)22-2)7-8-19-18(20)14-11-13(14)17-4-3-9-23-17/h3-6,9-10,13-14H,7-8,11H2,1-2H3,(H,19,20). The van der Waals surface area contributed by atoms with Gasteiger partial charge in [0.2, 0.25) is 5.91 Å². The first-order chi connectivity index (χ1) is 11.2. The summed E-state index contributed by atoms with van der Waals surface area (Å²) in [7, 11) is 3.25. The van der Waals surface area contributed by atoms with Crippen LogP contribution in [0.5, 0.6) is 11.5 Å². The average Bonchev–Trinajstić information content (AvgIpc) is 3.20. The molecule has 1 aromatic carbocycles. The lowest BCUT2D eigenvalue weighted by Crippen LogP contribution is -2.27. The zero-order chi connectivity index (χ0) is 16.2. The zero-order valence-electron chi connectivity index (χ0n) is 13.4. The van der Waals surface area contributed by atoms with Gasteiger partial charge in [-0.1, -0.05) is 12.1 Å². The molecule has 3 rings (SSSR count). The van der Waals surface area contributed by atoms with Gasteiger partial charge in [0.15, 0.2) is 11.5 Å². The molecule has 1 fully saturated rings. The summed E-state index contributed by atoms with van der Waals surface area (Å²) in [6.45, 7) is 0.641. The number of amides is 1. The highest BCUT2D eigenvalue weighted by Gasteiger charge is 2.44. The molecule has 0 saturated heterocycles. The number of carbonyl (C=O) groups is 1. The summed E-state index contributed by atoms with van der Waals surface area (Å²) in [4.78, 5) is 13.5. The third kappa shape index (κ3) is 3.67. The van der Waals surface area contributed by atoms with Crippen LogP contribution in [0.1, 0.15) is 22.8 Å². The van der Waals surface area contributed by atoms with E-state index in [0.29, 0.717) is 12.5 Å². The molecule has 1 amide bonds. The van der Waals surface area contributed by atoms with Crippen molar-refractivity contribution in [3.63, 3.8) is 0 Å². The number of carbonyl (C=O) groups excluding carboxylic acids is 1. The Bertz CT molecular complexity index is 669. The minimum absolute atomic E-state index is 0.152. The molecule has 122 valence electrons. The molecule has 0 bridgehead atoms. The topological polar surface area (TPSA) is 47.6 Å². The minimum Gasteiger partial charge on any atom is -0.493 e. The first-order valence-electron chi connectivity index (χ1n) is 7.75. The number of methoxy groups -OCH3 is 2. The van der Waals surface area contributed by atoms with Crippen LogP contribution in [0, 0.1) is 5.92 Å². The predicted octanol–water partition coefficient (Wildman–Crippen LogP) is 3.23. The van der Waals surface area contributed by atoms with E-state index in [4.69, 9.17) is 9.47 Å². The van der Waals surface area contributed by atoms with E-state index in [2.05, 4.69) is 16.8 Å². The summed E-state index contributed by atoms with van der Waals surface area (Å²) in [6.07, 6.45) is 1.76. The smallest absolute Gasteiger partial charge is 0.223 e. The van der Waals surface area contributed by atoms with Gasteiger partial charge in [-0.25, -0.2) is 0 Å². The third-order valence-electron chi connectivity index (χ3n) is 4.20. The van der Waals surface area contributed by atoms with E-state index in [1.54, 1.807) is 25.6 Å². The molecule has 2 unspecified atom stereocenters. The summed E-state index contributed by atoms with van der Waals surface area (Å²) >= 11 is 1.74. The fourth-order valence-electron chi connectivity index (χ4n) is 2.80. The Kier molecular flexibility index (Phi) is 4.86. The van der Waals surface area contributed by atoms with Gasteiger partial charge in [-0.3, -0.25) is 4.79 Å². The van der Waals surface area contributed by atoms with E-state index in [9.17, 15) is 4.79 Å². The van der Waals surface area contributed by atoms with Gasteiger partial charge in [-0.05, 0) is 42.0 Å². The molecule has 5 heteroatoms. The maximum absolute atomic E-state index is 12.2. The predicted molar refractivity (Wildman–Crippen MR) is 91.4 cm³/mol. The van der Waals surface area contributed by atoms with E-state index in [1.807, 2.05) is 24.3 Å². The number of ether oxygens (including phenoxy) is 2. The molecule has 1 aromatic heterocycles. The second-order valence-corrected chi connectivity index (χ2v) is 6.67. The van der Waals surface area contributed by atoms with Crippen molar-refractivity contribution in [3.8, 4) is 11.5 Å². The maximum Gasteiger partial charge on any atom is 0.223 e. The molecule has 1 N–H and O–H groups in total. The van der Waals surface area contributed by atoms with Crippen LogP contribution in [0.4, 0.5) is 0 Å². The number of nitrogens with one attached hydrogen (secondary N) is 1.